The van der Waals surface area contributed by atoms with Gasteiger partial charge in [0.25, 0.3) is 0 Å². The molecule has 0 saturated heterocycles. The number of carboxylic acids is 1. The summed E-state index contributed by atoms with van der Waals surface area (Å²) >= 11 is 0. The van der Waals surface area contributed by atoms with Gasteiger partial charge in [0.15, 0.2) is 0 Å². The Labute approximate surface area is 199 Å². The van der Waals surface area contributed by atoms with Crippen molar-refractivity contribution in [3.8, 4) is 11.1 Å². The number of nitrogens with one attached hydrogen (secondary N) is 2. The van der Waals surface area contributed by atoms with Crippen molar-refractivity contribution in [3.05, 3.63) is 59.7 Å². The molecule has 1 saturated carbocycles. The summed E-state index contributed by atoms with van der Waals surface area (Å²) in [5.74, 6) is -1.71. The fraction of sp³-hybridized carbons (Fsp3) is 0.444. The molecule has 0 radical (unpaired) electrons. The topological polar surface area (TPSA) is 105 Å². The number of benzene rings is 2. The number of fused-ring (bicyclic) bond motifs is 3. The molecule has 0 bridgehead atoms. The van der Waals surface area contributed by atoms with Crippen molar-refractivity contribution in [2.24, 2.45) is 11.3 Å². The smallest absolute Gasteiger partial charge is 0.407 e. The van der Waals surface area contributed by atoms with Crippen LogP contribution in [0.1, 0.15) is 57.1 Å². The highest BCUT2D eigenvalue weighted by Gasteiger charge is 2.47. The van der Waals surface area contributed by atoms with Gasteiger partial charge in [-0.1, -0.05) is 68.8 Å². The second kappa shape index (κ2) is 9.49. The lowest BCUT2D eigenvalue weighted by Crippen LogP contribution is -2.55. The zero-order valence-corrected chi connectivity index (χ0v) is 19.8. The zero-order valence-electron chi connectivity index (χ0n) is 19.8. The summed E-state index contributed by atoms with van der Waals surface area (Å²) in [5.41, 5.74) is 3.69. The summed E-state index contributed by atoms with van der Waals surface area (Å²) in [4.78, 5) is 37.4. The van der Waals surface area contributed by atoms with Crippen LogP contribution in [0.2, 0.25) is 0 Å². The van der Waals surface area contributed by atoms with E-state index in [1.165, 1.54) is 0 Å². The van der Waals surface area contributed by atoms with E-state index in [1.54, 1.807) is 20.8 Å². The second-order valence-corrected chi connectivity index (χ2v) is 9.87. The summed E-state index contributed by atoms with van der Waals surface area (Å²) in [6.07, 6.45) is 1.40. The van der Waals surface area contributed by atoms with Gasteiger partial charge in [-0.25, -0.2) is 9.59 Å². The van der Waals surface area contributed by atoms with Gasteiger partial charge in [-0.2, -0.15) is 0 Å². The average molecular weight is 465 g/mol. The largest absolute Gasteiger partial charge is 0.480 e. The van der Waals surface area contributed by atoms with Gasteiger partial charge >= 0.3 is 12.1 Å². The van der Waals surface area contributed by atoms with E-state index in [2.05, 4.69) is 34.9 Å². The first-order chi connectivity index (χ1) is 16.2. The Kier molecular flexibility index (Phi) is 6.64. The number of aliphatic carboxylic acids is 1. The fourth-order valence-corrected chi connectivity index (χ4v) is 5.27. The van der Waals surface area contributed by atoms with E-state index < -0.39 is 29.6 Å². The van der Waals surface area contributed by atoms with Crippen LogP contribution >= 0.6 is 0 Å². The van der Waals surface area contributed by atoms with Gasteiger partial charge in [-0.3, -0.25) is 4.79 Å². The number of alkyl carbamates (subject to hydrolysis) is 1. The van der Waals surface area contributed by atoms with Gasteiger partial charge in [0.1, 0.15) is 12.6 Å². The van der Waals surface area contributed by atoms with Crippen molar-refractivity contribution in [3.63, 3.8) is 0 Å². The van der Waals surface area contributed by atoms with E-state index >= 15 is 0 Å². The van der Waals surface area contributed by atoms with Crippen LogP contribution in [-0.4, -0.2) is 41.8 Å². The van der Waals surface area contributed by atoms with E-state index in [9.17, 15) is 19.5 Å². The molecule has 0 spiro atoms. The molecular formula is C27H32N2O5. The van der Waals surface area contributed by atoms with Gasteiger partial charge in [-0.05, 0) is 47.9 Å². The van der Waals surface area contributed by atoms with Crippen molar-refractivity contribution in [2.45, 2.75) is 58.0 Å². The lowest BCUT2D eigenvalue weighted by molar-refractivity contribution is -0.145. The van der Waals surface area contributed by atoms with Crippen LogP contribution in [-0.2, 0) is 14.3 Å². The molecule has 2 aromatic carbocycles. The Balaban J connectivity index is 1.41. The number of hydrogen-bond donors (Lipinski definition) is 3. The Bertz CT molecular complexity index is 1050. The Hall–Kier alpha value is -3.35. The number of carbonyl (C=O) groups is 3. The highest BCUT2D eigenvalue weighted by Crippen LogP contribution is 2.44. The molecule has 1 fully saturated rings. The second-order valence-electron chi connectivity index (χ2n) is 9.87. The summed E-state index contributed by atoms with van der Waals surface area (Å²) in [6.45, 7) is 5.48. The Morgan fingerprint density at radius 3 is 2.21 bits per heavy atom. The van der Waals surface area contributed by atoms with Crippen molar-refractivity contribution >= 4 is 18.0 Å². The van der Waals surface area contributed by atoms with Crippen molar-refractivity contribution in [2.75, 3.05) is 6.61 Å². The van der Waals surface area contributed by atoms with Crippen molar-refractivity contribution in [1.29, 1.82) is 0 Å². The maximum Gasteiger partial charge on any atom is 0.407 e. The third kappa shape index (κ3) is 4.39. The van der Waals surface area contributed by atoms with Crippen molar-refractivity contribution < 1.29 is 24.2 Å². The third-order valence-electron chi connectivity index (χ3n) is 7.33. The number of ether oxygens (including phenoxy) is 1. The lowest BCUT2D eigenvalue weighted by atomic mass is 9.83. The lowest BCUT2D eigenvalue weighted by Gasteiger charge is -2.32. The van der Waals surface area contributed by atoms with Crippen LogP contribution in [0.25, 0.3) is 11.1 Å². The molecule has 180 valence electrons. The molecule has 2 unspecified atom stereocenters. The maximum atomic E-state index is 13.1. The molecule has 4 rings (SSSR count). The normalized spacial score (nSPS) is 22.1. The molecule has 34 heavy (non-hydrogen) atoms. The van der Waals surface area contributed by atoms with Gasteiger partial charge in [0.05, 0.1) is 5.41 Å². The van der Waals surface area contributed by atoms with Crippen LogP contribution in [0.5, 0.6) is 0 Å². The number of hydrogen-bond acceptors (Lipinski definition) is 4. The predicted octanol–water partition coefficient (Wildman–Crippen LogP) is 4.31. The predicted molar refractivity (Wildman–Crippen MR) is 128 cm³/mol. The van der Waals surface area contributed by atoms with Crippen molar-refractivity contribution in [1.82, 2.24) is 10.6 Å². The minimum atomic E-state index is -1.06. The molecule has 0 aliphatic heterocycles. The molecule has 7 nitrogen and oxygen atoms in total. The Morgan fingerprint density at radius 2 is 1.65 bits per heavy atom. The van der Waals surface area contributed by atoms with Gasteiger partial charge in [0, 0.05) is 12.0 Å². The van der Waals surface area contributed by atoms with Crippen LogP contribution in [0.15, 0.2) is 48.5 Å². The van der Waals surface area contributed by atoms with E-state index in [1.807, 2.05) is 24.3 Å². The fourth-order valence-electron chi connectivity index (χ4n) is 5.27. The molecular weight excluding hydrogens is 432 g/mol. The molecule has 2 amide bonds. The zero-order chi connectivity index (χ0) is 24.5. The quantitative estimate of drug-likeness (QED) is 0.566. The maximum absolute atomic E-state index is 13.1. The average Bonchev–Trinajstić information content (AvgIpc) is 3.34. The van der Waals surface area contributed by atoms with Crippen LogP contribution < -0.4 is 10.6 Å². The number of carbonyl (C=O) groups excluding carboxylic acids is 2. The van der Waals surface area contributed by atoms with E-state index in [0.717, 1.165) is 28.7 Å². The van der Waals surface area contributed by atoms with E-state index in [0.29, 0.717) is 12.8 Å². The van der Waals surface area contributed by atoms with Crippen LogP contribution in [0, 0.1) is 11.3 Å². The minimum Gasteiger partial charge on any atom is -0.480 e. The van der Waals surface area contributed by atoms with E-state index in [4.69, 9.17) is 4.74 Å². The molecule has 2 aliphatic carbocycles. The number of amides is 2. The first kappa shape index (κ1) is 23.8. The van der Waals surface area contributed by atoms with Crippen LogP contribution in [0.4, 0.5) is 4.79 Å². The summed E-state index contributed by atoms with van der Waals surface area (Å²) in [5, 5.41) is 15.0. The summed E-state index contributed by atoms with van der Waals surface area (Å²) < 4.78 is 5.66. The highest BCUT2D eigenvalue weighted by molar-refractivity contribution is 5.88. The molecule has 2 aliphatic rings. The molecule has 0 heterocycles. The Morgan fingerprint density at radius 1 is 1.06 bits per heavy atom. The highest BCUT2D eigenvalue weighted by atomic mass is 16.5. The standard InChI is InChI=1S/C27H32N2O5/c1-16(2)23(24(30)31)29-25(32)27(3)14-8-13-22(27)28-26(33)34-15-21-19-11-6-4-9-17(19)18-10-5-7-12-20(18)21/h4-7,9-12,16,21-23H,8,13-15H2,1-3H3,(H,28,33)(H,29,32)(H,30,31)/t22?,23-,27?/m1/s1. The first-order valence-corrected chi connectivity index (χ1v) is 11.9. The van der Waals surface area contributed by atoms with Gasteiger partial charge < -0.3 is 20.5 Å². The third-order valence-corrected chi connectivity index (χ3v) is 7.33. The van der Waals surface area contributed by atoms with Gasteiger partial charge in [-0.15, -0.1) is 0 Å². The molecule has 2 aromatic rings. The van der Waals surface area contributed by atoms with Crippen LogP contribution in [0.3, 0.4) is 0 Å². The molecule has 3 atom stereocenters. The summed E-state index contributed by atoms with van der Waals surface area (Å²) in [6, 6.07) is 14.9. The van der Waals surface area contributed by atoms with E-state index in [-0.39, 0.29) is 24.3 Å². The van der Waals surface area contributed by atoms with Gasteiger partial charge in [0.2, 0.25) is 5.91 Å². The minimum absolute atomic E-state index is 0.0428. The monoisotopic (exact) mass is 464 g/mol. The number of carboxylic acid groups (broad SMARTS) is 1. The molecule has 0 aromatic heterocycles. The number of rotatable bonds is 7. The molecule has 7 heteroatoms. The molecule has 3 N–H and O–H groups in total. The SMILES string of the molecule is CC(C)[C@@H](NC(=O)C1(C)CCCC1NC(=O)OCC1c2ccccc2-c2ccccc21)C(=O)O. The summed E-state index contributed by atoms with van der Waals surface area (Å²) in [7, 11) is 0. The first-order valence-electron chi connectivity index (χ1n) is 11.9.